The second kappa shape index (κ2) is 5.99. The maximum Gasteiger partial charge on any atom is 0.136 e. The molecule has 2 aromatic carbocycles. The fourth-order valence-electron chi connectivity index (χ4n) is 2.09. The van der Waals surface area contributed by atoms with Crippen molar-refractivity contribution in [2.45, 2.75) is 0 Å². The normalized spacial score (nSPS) is 10.3. The number of methoxy groups -OCH3 is 1. The lowest BCUT2D eigenvalue weighted by Gasteiger charge is -2.17. The van der Waals surface area contributed by atoms with Crippen LogP contribution in [-0.4, -0.2) is 18.2 Å². The Morgan fingerprint density at radius 2 is 2.14 bits per heavy atom. The highest BCUT2D eigenvalue weighted by atomic mass is 35.5. The third kappa shape index (κ3) is 2.76. The zero-order valence-electron chi connectivity index (χ0n) is 11.1. The predicted octanol–water partition coefficient (Wildman–Crippen LogP) is 3.24. The van der Waals surface area contributed by atoms with Crippen molar-refractivity contribution in [3.63, 3.8) is 0 Å². The Labute approximate surface area is 125 Å². The third-order valence-electron chi connectivity index (χ3n) is 2.96. The predicted molar refractivity (Wildman–Crippen MR) is 79.8 cm³/mol. The molecule has 0 bridgehead atoms. The number of nitrogen functional groups attached to an aromatic ring is 1. The van der Waals surface area contributed by atoms with Crippen LogP contribution in [-0.2, 0) is 0 Å². The average molecular weight is 310 g/mol. The van der Waals surface area contributed by atoms with Gasteiger partial charge in [0.2, 0.25) is 0 Å². The Hall–Kier alpha value is -2.31. The monoisotopic (exact) mass is 309 g/mol. The number of ether oxygens (including phenoxy) is 1. The number of halogens is 2. The van der Waals surface area contributed by atoms with Crippen LogP contribution in [0.25, 0.3) is 11.1 Å². The molecule has 5 N–H and O–H groups in total. The minimum absolute atomic E-state index is 0.0438. The summed E-state index contributed by atoms with van der Waals surface area (Å²) in [7, 11) is 1.32. The van der Waals surface area contributed by atoms with Gasteiger partial charge in [-0.2, -0.15) is 0 Å². The second-order valence-corrected chi connectivity index (χ2v) is 4.66. The molecule has 0 radical (unpaired) electrons. The molecule has 0 atom stereocenters. The van der Waals surface area contributed by atoms with Crippen LogP contribution in [0.5, 0.6) is 5.75 Å². The van der Waals surface area contributed by atoms with Gasteiger partial charge in [-0.25, -0.2) is 4.39 Å². The van der Waals surface area contributed by atoms with Gasteiger partial charge in [-0.3, -0.25) is 16.1 Å². The van der Waals surface area contributed by atoms with Crippen molar-refractivity contribution in [3.05, 3.63) is 46.7 Å². The van der Waals surface area contributed by atoms with Gasteiger partial charge < -0.3 is 10.5 Å². The van der Waals surface area contributed by atoms with Crippen LogP contribution in [0.4, 0.5) is 10.1 Å². The summed E-state index contributed by atoms with van der Waals surface area (Å²) in [6, 6.07) is 7.56. The zero-order valence-corrected chi connectivity index (χ0v) is 11.8. The molecular formula is C14H13ClFN3O2. The van der Waals surface area contributed by atoms with E-state index >= 15 is 0 Å². The Bertz CT molecular complexity index is 707. The Kier molecular flexibility index (Phi) is 4.30. The molecule has 0 fully saturated rings. The van der Waals surface area contributed by atoms with Gasteiger partial charge in [0.15, 0.2) is 0 Å². The summed E-state index contributed by atoms with van der Waals surface area (Å²) in [4.78, 5) is 0. The first-order valence-electron chi connectivity index (χ1n) is 5.90. The summed E-state index contributed by atoms with van der Waals surface area (Å²) in [5, 5.41) is 17.4. The van der Waals surface area contributed by atoms with Gasteiger partial charge in [0.05, 0.1) is 18.4 Å². The van der Waals surface area contributed by atoms with Crippen molar-refractivity contribution >= 4 is 23.1 Å². The molecule has 7 heteroatoms. The molecule has 5 nitrogen and oxygen atoms in total. The Morgan fingerprint density at radius 1 is 1.43 bits per heavy atom. The molecule has 0 amide bonds. The molecule has 2 rings (SSSR count). The van der Waals surface area contributed by atoms with Crippen LogP contribution < -0.4 is 16.0 Å². The summed E-state index contributed by atoms with van der Waals surface area (Å²) >= 11 is 5.91. The van der Waals surface area contributed by atoms with E-state index < -0.39 is 5.82 Å². The third-order valence-corrected chi connectivity index (χ3v) is 3.19. The van der Waals surface area contributed by atoms with Crippen molar-refractivity contribution < 1.29 is 14.3 Å². The molecule has 0 saturated carbocycles. The first-order valence-corrected chi connectivity index (χ1v) is 6.28. The molecule has 0 heterocycles. The number of benzene rings is 2. The number of nitrogens with one attached hydrogen (secondary N) is 2. The number of anilines is 1. The molecule has 110 valence electrons. The molecule has 0 spiro atoms. The van der Waals surface area contributed by atoms with Crippen LogP contribution >= 0.6 is 11.6 Å². The van der Waals surface area contributed by atoms with Gasteiger partial charge in [-0.05, 0) is 17.7 Å². The van der Waals surface area contributed by atoms with Gasteiger partial charge in [-0.1, -0.05) is 23.7 Å². The van der Waals surface area contributed by atoms with E-state index in [1.807, 2.05) is 5.48 Å². The number of nitrogens with two attached hydrogens (primary N) is 1. The number of hydrogen-bond donors (Lipinski definition) is 4. The van der Waals surface area contributed by atoms with E-state index in [0.29, 0.717) is 10.6 Å². The van der Waals surface area contributed by atoms with E-state index in [0.717, 1.165) is 6.07 Å². The molecule has 0 aliphatic heterocycles. The molecule has 0 unspecified atom stereocenters. The Balaban J connectivity index is 2.82. The summed E-state index contributed by atoms with van der Waals surface area (Å²) in [5.41, 5.74) is 7.88. The highest BCUT2D eigenvalue weighted by Crippen LogP contribution is 2.39. The van der Waals surface area contributed by atoms with Crippen molar-refractivity contribution in [1.82, 2.24) is 0 Å². The lowest BCUT2D eigenvalue weighted by atomic mass is 9.98. The summed E-state index contributed by atoms with van der Waals surface area (Å²) in [6.07, 6.45) is 0. The van der Waals surface area contributed by atoms with Crippen LogP contribution in [0.15, 0.2) is 30.3 Å². The molecule has 0 aliphatic carbocycles. The molecule has 0 aliphatic rings. The Morgan fingerprint density at radius 3 is 2.67 bits per heavy atom. The van der Waals surface area contributed by atoms with Gasteiger partial charge in [-0.15, -0.1) is 0 Å². The largest absolute Gasteiger partial charge is 0.496 e. The van der Waals surface area contributed by atoms with Gasteiger partial charge >= 0.3 is 0 Å². The highest BCUT2D eigenvalue weighted by molar-refractivity contribution is 6.30. The van der Waals surface area contributed by atoms with Crippen LogP contribution in [0.2, 0.25) is 5.02 Å². The van der Waals surface area contributed by atoms with Crippen molar-refractivity contribution in [2.24, 2.45) is 5.73 Å². The lowest BCUT2D eigenvalue weighted by Crippen LogP contribution is -2.16. The quantitative estimate of drug-likeness (QED) is 0.396. The fraction of sp³-hybridized carbons (Fsp3) is 0.0714. The molecule has 0 aromatic heterocycles. The number of hydrogen-bond acceptors (Lipinski definition) is 4. The minimum Gasteiger partial charge on any atom is -0.496 e. The first-order chi connectivity index (χ1) is 9.99. The average Bonchev–Trinajstić information content (AvgIpc) is 2.45. The first kappa shape index (κ1) is 15.1. The minimum atomic E-state index is -0.643. The molecular weight excluding hydrogens is 297 g/mol. The van der Waals surface area contributed by atoms with Crippen LogP contribution in [0, 0.1) is 11.2 Å². The summed E-state index contributed by atoms with van der Waals surface area (Å²) in [6.45, 7) is 0. The van der Waals surface area contributed by atoms with Crippen LogP contribution in [0.3, 0.4) is 0 Å². The number of amidine groups is 1. The van der Waals surface area contributed by atoms with E-state index in [9.17, 15) is 9.60 Å². The maximum absolute atomic E-state index is 14.4. The van der Waals surface area contributed by atoms with Crippen molar-refractivity contribution in [1.29, 1.82) is 5.41 Å². The fourth-order valence-corrected chi connectivity index (χ4v) is 2.28. The van der Waals surface area contributed by atoms with Gasteiger partial charge in [0.1, 0.15) is 17.4 Å². The summed E-state index contributed by atoms with van der Waals surface area (Å²) < 4.78 is 19.4. The van der Waals surface area contributed by atoms with Crippen molar-refractivity contribution in [3.8, 4) is 16.9 Å². The van der Waals surface area contributed by atoms with Crippen LogP contribution in [0.1, 0.15) is 5.56 Å². The number of rotatable bonds is 4. The van der Waals surface area contributed by atoms with Gasteiger partial charge in [0, 0.05) is 16.7 Å². The summed E-state index contributed by atoms with van der Waals surface area (Å²) in [5.74, 6) is -0.968. The molecule has 21 heavy (non-hydrogen) atoms. The zero-order chi connectivity index (χ0) is 15.6. The van der Waals surface area contributed by atoms with E-state index in [2.05, 4.69) is 0 Å². The topological polar surface area (TPSA) is 91.4 Å². The van der Waals surface area contributed by atoms with E-state index in [1.54, 1.807) is 18.2 Å². The maximum atomic E-state index is 14.4. The second-order valence-electron chi connectivity index (χ2n) is 4.22. The van der Waals surface area contributed by atoms with E-state index in [-0.39, 0.29) is 28.4 Å². The molecule has 0 saturated heterocycles. The SMILES string of the molecule is COc1cc(F)c(-c2cccc(Cl)c2)c(NO)c1C(=N)N. The highest BCUT2D eigenvalue weighted by Gasteiger charge is 2.22. The van der Waals surface area contributed by atoms with E-state index in [1.165, 1.54) is 13.2 Å². The standard InChI is InChI=1S/C14H13ClFN3O2/c1-21-10-6-9(16)11(7-3-2-4-8(15)5-7)13(19-20)12(10)14(17)18/h2-6,19-20H,1H3,(H3,17,18). The molecule has 2 aromatic rings. The smallest absolute Gasteiger partial charge is 0.136 e. The van der Waals surface area contributed by atoms with Gasteiger partial charge in [0.25, 0.3) is 0 Å². The lowest BCUT2D eigenvalue weighted by molar-refractivity contribution is 0.384. The van der Waals surface area contributed by atoms with E-state index in [4.69, 9.17) is 27.5 Å². The van der Waals surface area contributed by atoms with Crippen molar-refractivity contribution in [2.75, 3.05) is 12.6 Å².